The molecule has 1 saturated carbocycles. The summed E-state index contributed by atoms with van der Waals surface area (Å²) in [5.74, 6) is 2.04. The number of hydrogen-bond acceptors (Lipinski definition) is 6. The first-order valence-corrected chi connectivity index (χ1v) is 7.66. The third-order valence-corrected chi connectivity index (χ3v) is 3.81. The molecule has 0 radical (unpaired) electrons. The van der Waals surface area contributed by atoms with Gasteiger partial charge in [-0.05, 0) is 38.7 Å². The normalized spacial score (nSPS) is 20.5. The molecule has 0 saturated heterocycles. The van der Waals surface area contributed by atoms with Crippen LogP contribution >= 0.6 is 0 Å². The Bertz CT molecular complexity index is 727. The molecule has 1 fully saturated rings. The largest absolute Gasteiger partial charge is 0.366 e. The highest BCUT2D eigenvalue weighted by Crippen LogP contribution is 2.29. The summed E-state index contributed by atoms with van der Waals surface area (Å²) in [6.07, 6.45) is 4.06. The zero-order valence-corrected chi connectivity index (χ0v) is 13.1. The Balaban J connectivity index is 1.96. The van der Waals surface area contributed by atoms with Crippen LogP contribution in [0, 0.1) is 17.2 Å². The minimum atomic E-state index is 0.212. The summed E-state index contributed by atoms with van der Waals surface area (Å²) < 4.78 is 0. The van der Waals surface area contributed by atoms with Gasteiger partial charge in [-0.2, -0.15) is 5.26 Å². The van der Waals surface area contributed by atoms with E-state index in [4.69, 9.17) is 5.26 Å². The van der Waals surface area contributed by atoms with Crippen molar-refractivity contribution in [3.05, 3.63) is 18.0 Å². The molecule has 0 spiro atoms. The van der Waals surface area contributed by atoms with Crippen LogP contribution in [0.15, 0.2) is 12.3 Å². The van der Waals surface area contributed by atoms with Gasteiger partial charge in [0.15, 0.2) is 5.82 Å². The zero-order valence-electron chi connectivity index (χ0n) is 13.1. The van der Waals surface area contributed by atoms with Crippen molar-refractivity contribution in [3.8, 4) is 6.07 Å². The van der Waals surface area contributed by atoms with Crippen LogP contribution in [-0.2, 0) is 0 Å². The predicted octanol–water partition coefficient (Wildman–Crippen LogP) is 2.93. The predicted molar refractivity (Wildman–Crippen MR) is 86.6 cm³/mol. The van der Waals surface area contributed by atoms with Crippen molar-refractivity contribution in [2.45, 2.75) is 45.7 Å². The molecule has 2 aromatic rings. The van der Waals surface area contributed by atoms with Crippen molar-refractivity contribution in [1.82, 2.24) is 15.0 Å². The minimum Gasteiger partial charge on any atom is -0.366 e. The number of nitriles is 1. The number of aromatic nitrogens is 3. The standard InChI is InChI=1S/C16H20N6/c1-9(2)19-15-14-11(6-13(7-17)20-15)8-18-16(22-14)21-12-4-10(3)5-12/h6,8-10,12H,4-5H2,1-3H3,(H,19,20)(H,18,21,22). The molecule has 1 aliphatic carbocycles. The Morgan fingerprint density at radius 1 is 1.32 bits per heavy atom. The van der Waals surface area contributed by atoms with Gasteiger partial charge in [0.2, 0.25) is 5.95 Å². The van der Waals surface area contributed by atoms with Gasteiger partial charge in [0.25, 0.3) is 0 Å². The lowest BCUT2D eigenvalue weighted by molar-refractivity contribution is 0.308. The van der Waals surface area contributed by atoms with Gasteiger partial charge < -0.3 is 10.6 Å². The Hall–Kier alpha value is -2.42. The molecular formula is C16H20N6. The molecule has 0 unspecified atom stereocenters. The van der Waals surface area contributed by atoms with Gasteiger partial charge >= 0.3 is 0 Å². The maximum Gasteiger partial charge on any atom is 0.223 e. The van der Waals surface area contributed by atoms with Gasteiger partial charge in [-0.25, -0.2) is 15.0 Å². The van der Waals surface area contributed by atoms with Crippen LogP contribution < -0.4 is 10.6 Å². The number of nitrogens with zero attached hydrogens (tertiary/aromatic N) is 4. The lowest BCUT2D eigenvalue weighted by atomic mass is 9.82. The summed E-state index contributed by atoms with van der Waals surface area (Å²) >= 11 is 0. The SMILES string of the molecule is CC1CC(Nc2ncc3cc(C#N)nc(NC(C)C)c3n2)C1. The van der Waals surface area contributed by atoms with Crippen LogP contribution in [0.3, 0.4) is 0 Å². The van der Waals surface area contributed by atoms with Crippen LogP contribution in [0.1, 0.15) is 39.3 Å². The van der Waals surface area contributed by atoms with E-state index in [9.17, 15) is 0 Å². The van der Waals surface area contributed by atoms with Crippen molar-refractivity contribution in [3.63, 3.8) is 0 Å². The average molecular weight is 296 g/mol. The summed E-state index contributed by atoms with van der Waals surface area (Å²) in [6, 6.07) is 4.47. The highest BCUT2D eigenvalue weighted by atomic mass is 15.1. The van der Waals surface area contributed by atoms with Gasteiger partial charge in [-0.15, -0.1) is 0 Å². The van der Waals surface area contributed by atoms with Crippen molar-refractivity contribution in [2.24, 2.45) is 5.92 Å². The Labute approximate surface area is 130 Å². The van der Waals surface area contributed by atoms with E-state index >= 15 is 0 Å². The van der Waals surface area contributed by atoms with E-state index < -0.39 is 0 Å². The molecule has 0 atom stereocenters. The van der Waals surface area contributed by atoms with Gasteiger partial charge in [0.05, 0.1) is 0 Å². The molecular weight excluding hydrogens is 276 g/mol. The summed E-state index contributed by atoms with van der Waals surface area (Å²) in [7, 11) is 0. The average Bonchev–Trinajstić information content (AvgIpc) is 2.45. The molecule has 2 aromatic heterocycles. The summed E-state index contributed by atoms with van der Waals surface area (Å²) in [5, 5.41) is 16.5. The Morgan fingerprint density at radius 3 is 2.73 bits per heavy atom. The zero-order chi connectivity index (χ0) is 15.7. The molecule has 22 heavy (non-hydrogen) atoms. The van der Waals surface area contributed by atoms with Crippen LogP contribution in [0.5, 0.6) is 0 Å². The monoisotopic (exact) mass is 296 g/mol. The van der Waals surface area contributed by atoms with E-state index in [0.717, 1.165) is 29.7 Å². The van der Waals surface area contributed by atoms with Crippen LogP contribution in [0.4, 0.5) is 11.8 Å². The highest BCUT2D eigenvalue weighted by molar-refractivity contribution is 5.89. The maximum atomic E-state index is 9.10. The van der Waals surface area contributed by atoms with Crippen molar-refractivity contribution < 1.29 is 0 Å². The molecule has 6 nitrogen and oxygen atoms in total. The van der Waals surface area contributed by atoms with E-state index in [1.165, 1.54) is 0 Å². The number of nitrogens with one attached hydrogen (secondary N) is 2. The summed E-state index contributed by atoms with van der Waals surface area (Å²) in [5.41, 5.74) is 1.12. The van der Waals surface area contributed by atoms with Crippen molar-refractivity contribution in [1.29, 1.82) is 5.26 Å². The number of pyridine rings is 1. The second kappa shape index (κ2) is 5.76. The first-order valence-electron chi connectivity index (χ1n) is 7.66. The summed E-state index contributed by atoms with van der Waals surface area (Å²) in [6.45, 7) is 6.31. The van der Waals surface area contributed by atoms with Gasteiger partial charge in [-0.1, -0.05) is 6.92 Å². The second-order valence-electron chi connectivity index (χ2n) is 6.32. The van der Waals surface area contributed by atoms with E-state index in [0.29, 0.717) is 23.5 Å². The second-order valence-corrected chi connectivity index (χ2v) is 6.32. The number of fused-ring (bicyclic) bond motifs is 1. The molecule has 0 amide bonds. The van der Waals surface area contributed by atoms with Crippen molar-refractivity contribution >= 4 is 22.7 Å². The highest BCUT2D eigenvalue weighted by Gasteiger charge is 2.25. The quantitative estimate of drug-likeness (QED) is 0.902. The van der Waals surface area contributed by atoms with Gasteiger partial charge in [0, 0.05) is 23.7 Å². The fourth-order valence-electron chi connectivity index (χ4n) is 2.74. The smallest absolute Gasteiger partial charge is 0.223 e. The molecule has 0 bridgehead atoms. The van der Waals surface area contributed by atoms with E-state index in [2.05, 4.69) is 38.6 Å². The van der Waals surface area contributed by atoms with Crippen molar-refractivity contribution in [2.75, 3.05) is 10.6 Å². The maximum absolute atomic E-state index is 9.10. The molecule has 3 rings (SSSR count). The molecule has 1 aliphatic rings. The topological polar surface area (TPSA) is 86.5 Å². The van der Waals surface area contributed by atoms with Crippen LogP contribution in [0.2, 0.25) is 0 Å². The molecule has 0 aliphatic heterocycles. The first kappa shape index (κ1) is 14.5. The van der Waals surface area contributed by atoms with E-state index in [1.807, 2.05) is 13.8 Å². The minimum absolute atomic E-state index is 0.212. The van der Waals surface area contributed by atoms with E-state index in [1.54, 1.807) is 12.3 Å². The lowest BCUT2D eigenvalue weighted by Crippen LogP contribution is -2.34. The fourth-order valence-corrected chi connectivity index (χ4v) is 2.74. The number of rotatable bonds is 4. The Morgan fingerprint density at radius 2 is 2.09 bits per heavy atom. The fraction of sp³-hybridized carbons (Fsp3) is 0.500. The van der Waals surface area contributed by atoms with Crippen LogP contribution in [0.25, 0.3) is 10.9 Å². The third-order valence-electron chi connectivity index (χ3n) is 3.81. The van der Waals surface area contributed by atoms with Crippen LogP contribution in [-0.4, -0.2) is 27.0 Å². The third kappa shape index (κ3) is 2.93. The number of hydrogen-bond donors (Lipinski definition) is 2. The van der Waals surface area contributed by atoms with Gasteiger partial charge in [-0.3, -0.25) is 0 Å². The number of anilines is 2. The molecule has 114 valence electrons. The summed E-state index contributed by atoms with van der Waals surface area (Å²) in [4.78, 5) is 13.3. The van der Waals surface area contributed by atoms with E-state index in [-0.39, 0.29) is 6.04 Å². The molecule has 6 heteroatoms. The Kier molecular flexibility index (Phi) is 3.80. The first-order chi connectivity index (χ1) is 10.5. The molecule has 0 aromatic carbocycles. The van der Waals surface area contributed by atoms with Gasteiger partial charge in [0.1, 0.15) is 17.3 Å². The molecule has 2 N–H and O–H groups in total. The molecule has 2 heterocycles. The lowest BCUT2D eigenvalue weighted by Gasteiger charge is -2.33.